The highest BCUT2D eigenvalue weighted by Gasteiger charge is 2.08. The molecule has 0 bridgehead atoms. The number of nitrogens with zero attached hydrogens (tertiary/aromatic N) is 3. The van der Waals surface area contributed by atoms with Gasteiger partial charge in [-0.25, -0.2) is 4.98 Å². The van der Waals surface area contributed by atoms with Gasteiger partial charge in [-0.1, -0.05) is 6.07 Å². The lowest BCUT2D eigenvalue weighted by Gasteiger charge is -2.10. The zero-order valence-electron chi connectivity index (χ0n) is 11.4. The van der Waals surface area contributed by atoms with Crippen molar-refractivity contribution < 1.29 is 14.6 Å². The van der Waals surface area contributed by atoms with Gasteiger partial charge < -0.3 is 14.6 Å². The molecule has 106 valence electrons. The number of methoxy groups -OCH3 is 1. The van der Waals surface area contributed by atoms with Crippen molar-refractivity contribution >= 4 is 11.2 Å². The molecule has 0 amide bonds. The molecule has 6 heteroatoms. The molecular weight excluding hydrogens is 270 g/mol. The fraction of sp³-hybridized carbons (Fsp3) is 0.133. The van der Waals surface area contributed by atoms with E-state index in [4.69, 9.17) is 14.6 Å². The molecule has 3 aromatic rings. The summed E-state index contributed by atoms with van der Waals surface area (Å²) in [7, 11) is 1.54. The Morgan fingerprint density at radius 2 is 1.90 bits per heavy atom. The molecule has 2 heterocycles. The monoisotopic (exact) mass is 283 g/mol. The summed E-state index contributed by atoms with van der Waals surface area (Å²) < 4.78 is 11.0. The van der Waals surface area contributed by atoms with Gasteiger partial charge >= 0.3 is 0 Å². The molecule has 0 fully saturated rings. The second-order valence-corrected chi connectivity index (χ2v) is 4.29. The van der Waals surface area contributed by atoms with Gasteiger partial charge in [-0.3, -0.25) is 4.98 Å². The smallest absolute Gasteiger partial charge is 0.221 e. The molecule has 0 saturated carbocycles. The SMILES string of the molecule is COc1cc(CO)ccc1Oc1ccc2nccnc2n1. The fourth-order valence-electron chi connectivity index (χ4n) is 1.90. The largest absolute Gasteiger partial charge is 0.493 e. The van der Waals surface area contributed by atoms with Crippen LogP contribution >= 0.6 is 0 Å². The number of aliphatic hydroxyl groups is 1. The van der Waals surface area contributed by atoms with E-state index in [9.17, 15) is 0 Å². The van der Waals surface area contributed by atoms with Crippen molar-refractivity contribution in [2.75, 3.05) is 7.11 Å². The summed E-state index contributed by atoms with van der Waals surface area (Å²) in [6, 6.07) is 8.72. The maximum Gasteiger partial charge on any atom is 0.221 e. The Labute approximate surface area is 121 Å². The first-order valence-electron chi connectivity index (χ1n) is 6.33. The first-order valence-corrected chi connectivity index (χ1v) is 6.33. The second-order valence-electron chi connectivity index (χ2n) is 4.29. The van der Waals surface area contributed by atoms with E-state index in [1.807, 2.05) is 0 Å². The van der Waals surface area contributed by atoms with E-state index in [2.05, 4.69) is 15.0 Å². The summed E-state index contributed by atoms with van der Waals surface area (Å²) in [4.78, 5) is 12.6. The highest BCUT2D eigenvalue weighted by molar-refractivity contribution is 5.69. The molecule has 0 aliphatic rings. The molecule has 0 radical (unpaired) electrons. The predicted octanol–water partition coefficient (Wildman–Crippen LogP) is 2.32. The molecule has 0 unspecified atom stereocenters. The highest BCUT2D eigenvalue weighted by atomic mass is 16.5. The Morgan fingerprint density at radius 1 is 1.05 bits per heavy atom. The van der Waals surface area contributed by atoms with Crippen LogP contribution in [0.4, 0.5) is 0 Å². The first-order chi connectivity index (χ1) is 10.3. The molecule has 1 aromatic carbocycles. The second kappa shape index (κ2) is 5.72. The molecule has 0 spiro atoms. The number of fused-ring (bicyclic) bond motifs is 1. The maximum atomic E-state index is 9.13. The number of rotatable bonds is 4. The zero-order chi connectivity index (χ0) is 14.7. The Morgan fingerprint density at radius 3 is 2.71 bits per heavy atom. The van der Waals surface area contributed by atoms with Crippen molar-refractivity contribution in [3.8, 4) is 17.4 Å². The van der Waals surface area contributed by atoms with Crippen molar-refractivity contribution in [1.29, 1.82) is 0 Å². The molecule has 3 rings (SSSR count). The van der Waals surface area contributed by atoms with Gasteiger partial charge in [-0.15, -0.1) is 0 Å². The van der Waals surface area contributed by atoms with Gasteiger partial charge in [-0.05, 0) is 23.8 Å². The lowest BCUT2D eigenvalue weighted by molar-refractivity contribution is 0.280. The number of hydrogen-bond donors (Lipinski definition) is 1. The van der Waals surface area contributed by atoms with Gasteiger partial charge in [0, 0.05) is 18.5 Å². The summed E-state index contributed by atoms with van der Waals surface area (Å²) in [5.74, 6) is 1.45. The fourth-order valence-corrected chi connectivity index (χ4v) is 1.90. The van der Waals surface area contributed by atoms with Crippen LogP contribution in [-0.2, 0) is 6.61 Å². The Hall–Kier alpha value is -2.73. The molecule has 0 atom stereocenters. The van der Waals surface area contributed by atoms with Gasteiger partial charge in [0.1, 0.15) is 5.52 Å². The topological polar surface area (TPSA) is 77.4 Å². The lowest BCUT2D eigenvalue weighted by Crippen LogP contribution is -1.95. The molecule has 21 heavy (non-hydrogen) atoms. The van der Waals surface area contributed by atoms with Crippen molar-refractivity contribution in [1.82, 2.24) is 15.0 Å². The first kappa shape index (κ1) is 13.3. The summed E-state index contributed by atoms with van der Waals surface area (Å²) >= 11 is 0. The van der Waals surface area contributed by atoms with Gasteiger partial charge in [-0.2, -0.15) is 4.98 Å². The number of pyridine rings is 1. The van der Waals surface area contributed by atoms with Crippen LogP contribution in [-0.4, -0.2) is 27.2 Å². The van der Waals surface area contributed by atoms with E-state index >= 15 is 0 Å². The summed E-state index contributed by atoms with van der Waals surface area (Å²) in [6.07, 6.45) is 3.19. The quantitative estimate of drug-likeness (QED) is 0.791. The molecule has 0 aliphatic heterocycles. The third-order valence-electron chi connectivity index (χ3n) is 2.93. The molecule has 2 aromatic heterocycles. The Balaban J connectivity index is 1.94. The minimum absolute atomic E-state index is 0.0551. The van der Waals surface area contributed by atoms with Crippen LogP contribution in [0, 0.1) is 0 Å². The van der Waals surface area contributed by atoms with E-state index in [-0.39, 0.29) is 6.61 Å². The average molecular weight is 283 g/mol. The van der Waals surface area contributed by atoms with Crippen molar-refractivity contribution in [2.24, 2.45) is 0 Å². The molecular formula is C15H13N3O3. The molecule has 6 nitrogen and oxygen atoms in total. The minimum atomic E-state index is -0.0551. The van der Waals surface area contributed by atoms with E-state index in [0.29, 0.717) is 28.5 Å². The number of hydrogen-bond acceptors (Lipinski definition) is 6. The van der Waals surface area contributed by atoms with Gasteiger partial charge in [0.25, 0.3) is 0 Å². The number of benzene rings is 1. The Bertz CT molecular complexity index is 777. The van der Waals surface area contributed by atoms with Gasteiger partial charge in [0.05, 0.1) is 13.7 Å². The standard InChI is InChI=1S/C15H13N3O3/c1-20-13-8-10(9-19)2-4-12(13)21-14-5-3-11-15(18-14)17-7-6-16-11/h2-8,19H,9H2,1H3. The third kappa shape index (κ3) is 2.75. The van der Waals surface area contributed by atoms with E-state index < -0.39 is 0 Å². The summed E-state index contributed by atoms with van der Waals surface area (Å²) in [5, 5.41) is 9.13. The highest BCUT2D eigenvalue weighted by Crippen LogP contribution is 2.31. The van der Waals surface area contributed by atoms with E-state index in [1.165, 1.54) is 0 Å². The number of aromatic nitrogens is 3. The van der Waals surface area contributed by atoms with Crippen molar-refractivity contribution in [2.45, 2.75) is 6.61 Å². The normalized spacial score (nSPS) is 10.6. The Kier molecular flexibility index (Phi) is 3.61. The summed E-state index contributed by atoms with van der Waals surface area (Å²) in [5.41, 5.74) is 1.96. The average Bonchev–Trinajstić information content (AvgIpc) is 2.55. The van der Waals surface area contributed by atoms with Crippen LogP contribution in [0.3, 0.4) is 0 Å². The molecule has 0 aliphatic carbocycles. The molecule has 1 N–H and O–H groups in total. The van der Waals surface area contributed by atoms with Crippen LogP contribution in [0.25, 0.3) is 11.2 Å². The van der Waals surface area contributed by atoms with E-state index in [0.717, 1.165) is 5.56 Å². The van der Waals surface area contributed by atoms with Crippen LogP contribution in [0.5, 0.6) is 17.4 Å². The lowest BCUT2D eigenvalue weighted by atomic mass is 10.2. The zero-order valence-corrected chi connectivity index (χ0v) is 11.4. The number of ether oxygens (including phenoxy) is 2. The van der Waals surface area contributed by atoms with Crippen LogP contribution in [0.15, 0.2) is 42.7 Å². The third-order valence-corrected chi connectivity index (χ3v) is 2.93. The molecule has 0 saturated heterocycles. The van der Waals surface area contributed by atoms with E-state index in [1.54, 1.807) is 49.8 Å². The van der Waals surface area contributed by atoms with Crippen LogP contribution in [0.2, 0.25) is 0 Å². The maximum absolute atomic E-state index is 9.13. The van der Waals surface area contributed by atoms with Gasteiger partial charge in [0.2, 0.25) is 5.88 Å². The van der Waals surface area contributed by atoms with Crippen molar-refractivity contribution in [3.05, 3.63) is 48.3 Å². The van der Waals surface area contributed by atoms with Crippen LogP contribution < -0.4 is 9.47 Å². The predicted molar refractivity (Wildman–Crippen MR) is 76.3 cm³/mol. The minimum Gasteiger partial charge on any atom is -0.493 e. The van der Waals surface area contributed by atoms with Gasteiger partial charge in [0.15, 0.2) is 17.1 Å². The summed E-state index contributed by atoms with van der Waals surface area (Å²) in [6.45, 7) is -0.0551. The number of aliphatic hydroxyl groups excluding tert-OH is 1. The van der Waals surface area contributed by atoms with Crippen LogP contribution in [0.1, 0.15) is 5.56 Å². The van der Waals surface area contributed by atoms with Crippen molar-refractivity contribution in [3.63, 3.8) is 0 Å².